The average Bonchev–Trinajstić information content (AvgIpc) is 2.81. The van der Waals surface area contributed by atoms with Crippen molar-refractivity contribution >= 4 is 23.5 Å². The minimum Gasteiger partial charge on any atom is -0.384 e. The summed E-state index contributed by atoms with van der Waals surface area (Å²) in [6.07, 6.45) is 0.210. The standard InChI is InChI=1S/C16H12N4O4/c17-14-13-10(15(23)19-16(13)24)5-12(22)20(14)9-2-1-7-6-18-11(21)4-8(7)3-9/h1-3,5H,4,6,17H2,(H,18,21)(H,19,23,24). The molecule has 24 heavy (non-hydrogen) atoms. The molecule has 0 saturated carbocycles. The Labute approximate surface area is 135 Å². The van der Waals surface area contributed by atoms with E-state index in [1.54, 1.807) is 18.2 Å². The van der Waals surface area contributed by atoms with Crippen LogP contribution >= 0.6 is 0 Å². The summed E-state index contributed by atoms with van der Waals surface area (Å²) in [6.45, 7) is 0.430. The molecule has 8 nitrogen and oxygen atoms in total. The van der Waals surface area contributed by atoms with Gasteiger partial charge < -0.3 is 11.1 Å². The van der Waals surface area contributed by atoms with Crippen molar-refractivity contribution in [2.75, 3.05) is 5.73 Å². The normalized spacial score (nSPS) is 15.6. The van der Waals surface area contributed by atoms with Crippen molar-refractivity contribution in [2.45, 2.75) is 13.0 Å². The largest absolute Gasteiger partial charge is 0.384 e. The lowest BCUT2D eigenvalue weighted by molar-refractivity contribution is -0.121. The molecular formula is C16H12N4O4. The lowest BCUT2D eigenvalue weighted by Crippen LogP contribution is -2.30. The van der Waals surface area contributed by atoms with E-state index in [2.05, 4.69) is 10.6 Å². The zero-order valence-electron chi connectivity index (χ0n) is 12.4. The number of carbonyl (C=O) groups is 3. The minimum absolute atomic E-state index is 0.00457. The number of nitrogens with zero attached hydrogens (tertiary/aromatic N) is 1. The van der Waals surface area contributed by atoms with Gasteiger partial charge in [-0.1, -0.05) is 6.07 Å². The van der Waals surface area contributed by atoms with Crippen LogP contribution in [0.1, 0.15) is 31.8 Å². The van der Waals surface area contributed by atoms with Crippen molar-refractivity contribution in [1.82, 2.24) is 15.2 Å². The van der Waals surface area contributed by atoms with Crippen molar-refractivity contribution < 1.29 is 14.4 Å². The maximum Gasteiger partial charge on any atom is 0.262 e. The first-order chi connectivity index (χ1) is 11.5. The number of carbonyl (C=O) groups excluding carboxylic acids is 3. The van der Waals surface area contributed by atoms with Crippen LogP contribution in [0.5, 0.6) is 0 Å². The minimum atomic E-state index is -0.631. The van der Waals surface area contributed by atoms with Gasteiger partial charge in [-0.05, 0) is 23.3 Å². The number of nitrogens with two attached hydrogens (primary N) is 1. The molecule has 0 saturated heterocycles. The van der Waals surface area contributed by atoms with Crippen LogP contribution in [0.4, 0.5) is 5.82 Å². The second kappa shape index (κ2) is 4.79. The van der Waals surface area contributed by atoms with Gasteiger partial charge in [-0.2, -0.15) is 0 Å². The van der Waals surface area contributed by atoms with E-state index in [4.69, 9.17) is 5.73 Å². The van der Waals surface area contributed by atoms with Crippen molar-refractivity contribution in [2.24, 2.45) is 0 Å². The molecule has 2 aromatic rings. The number of benzene rings is 1. The molecule has 0 bridgehead atoms. The first-order valence-electron chi connectivity index (χ1n) is 7.26. The van der Waals surface area contributed by atoms with Gasteiger partial charge in [0, 0.05) is 12.6 Å². The van der Waals surface area contributed by atoms with Crippen LogP contribution in [0, 0.1) is 0 Å². The van der Waals surface area contributed by atoms with Crippen LogP contribution < -0.4 is 21.9 Å². The zero-order chi connectivity index (χ0) is 17.0. The summed E-state index contributed by atoms with van der Waals surface area (Å²) >= 11 is 0. The Bertz CT molecular complexity index is 1010. The quantitative estimate of drug-likeness (QED) is 0.609. The van der Waals surface area contributed by atoms with Crippen molar-refractivity contribution in [3.05, 3.63) is 56.9 Å². The highest BCUT2D eigenvalue weighted by Crippen LogP contribution is 2.24. The molecule has 3 amide bonds. The monoisotopic (exact) mass is 324 g/mol. The predicted molar refractivity (Wildman–Crippen MR) is 83.8 cm³/mol. The van der Waals surface area contributed by atoms with Gasteiger partial charge in [-0.15, -0.1) is 0 Å². The number of imide groups is 1. The van der Waals surface area contributed by atoms with Gasteiger partial charge in [0.05, 0.1) is 23.2 Å². The van der Waals surface area contributed by atoms with E-state index >= 15 is 0 Å². The molecule has 0 aliphatic carbocycles. The summed E-state index contributed by atoms with van der Waals surface area (Å²) in [5, 5.41) is 4.86. The number of amides is 3. The summed E-state index contributed by atoms with van der Waals surface area (Å²) in [4.78, 5) is 47.5. The Morgan fingerprint density at radius 3 is 2.58 bits per heavy atom. The van der Waals surface area contributed by atoms with Crippen LogP contribution in [-0.2, 0) is 17.8 Å². The maximum absolute atomic E-state index is 12.4. The third-order valence-corrected chi connectivity index (χ3v) is 4.23. The Kier molecular flexibility index (Phi) is 2.83. The first kappa shape index (κ1) is 14.2. The summed E-state index contributed by atoms with van der Waals surface area (Å²) in [7, 11) is 0. The SMILES string of the molecule is Nc1c2c(cc(=O)n1-c1ccc3c(c1)CC(=O)NC3)C(=O)NC2=O. The smallest absolute Gasteiger partial charge is 0.262 e. The molecule has 0 radical (unpaired) electrons. The molecule has 120 valence electrons. The Hall–Kier alpha value is -3.42. The van der Waals surface area contributed by atoms with E-state index in [1.807, 2.05) is 0 Å². The van der Waals surface area contributed by atoms with Crippen LogP contribution in [0.15, 0.2) is 29.1 Å². The lowest BCUT2D eigenvalue weighted by atomic mass is 9.99. The van der Waals surface area contributed by atoms with E-state index in [-0.39, 0.29) is 29.3 Å². The van der Waals surface area contributed by atoms with Crippen molar-refractivity contribution in [3.63, 3.8) is 0 Å². The Morgan fingerprint density at radius 1 is 1.00 bits per heavy atom. The number of pyridine rings is 1. The number of anilines is 1. The van der Waals surface area contributed by atoms with Gasteiger partial charge in [-0.3, -0.25) is 29.1 Å². The zero-order valence-corrected chi connectivity index (χ0v) is 12.4. The van der Waals surface area contributed by atoms with Gasteiger partial charge in [-0.25, -0.2) is 0 Å². The van der Waals surface area contributed by atoms with E-state index in [9.17, 15) is 19.2 Å². The summed E-state index contributed by atoms with van der Waals surface area (Å²) in [5.74, 6) is -1.45. The number of nitrogens with one attached hydrogen (secondary N) is 2. The Balaban J connectivity index is 1.93. The van der Waals surface area contributed by atoms with Crippen LogP contribution in [0.25, 0.3) is 5.69 Å². The van der Waals surface area contributed by atoms with Gasteiger partial charge in [0.2, 0.25) is 5.91 Å². The van der Waals surface area contributed by atoms with Gasteiger partial charge in [0.1, 0.15) is 5.82 Å². The fourth-order valence-corrected chi connectivity index (χ4v) is 3.06. The average molecular weight is 324 g/mol. The topological polar surface area (TPSA) is 123 Å². The molecular weight excluding hydrogens is 312 g/mol. The molecule has 2 aliphatic rings. The molecule has 8 heteroatoms. The van der Waals surface area contributed by atoms with Crippen LogP contribution in [0.3, 0.4) is 0 Å². The molecule has 0 unspecified atom stereocenters. The third kappa shape index (κ3) is 1.93. The Morgan fingerprint density at radius 2 is 1.79 bits per heavy atom. The number of hydrogen-bond acceptors (Lipinski definition) is 5. The summed E-state index contributed by atoms with van der Waals surface area (Å²) in [5.41, 5.74) is 7.65. The molecule has 0 spiro atoms. The molecule has 4 N–H and O–H groups in total. The highest BCUT2D eigenvalue weighted by atomic mass is 16.2. The maximum atomic E-state index is 12.4. The predicted octanol–water partition coefficient (Wildman–Crippen LogP) is -0.524. The van der Waals surface area contributed by atoms with Crippen LogP contribution in [-0.4, -0.2) is 22.3 Å². The molecule has 4 rings (SSSR count). The van der Waals surface area contributed by atoms with E-state index in [0.29, 0.717) is 12.2 Å². The lowest BCUT2D eigenvalue weighted by Gasteiger charge is -2.19. The number of aromatic nitrogens is 1. The van der Waals surface area contributed by atoms with E-state index in [0.717, 1.165) is 17.2 Å². The molecule has 3 heterocycles. The second-order valence-electron chi connectivity index (χ2n) is 5.68. The summed E-state index contributed by atoms with van der Waals surface area (Å²) < 4.78 is 1.17. The molecule has 0 atom stereocenters. The highest BCUT2D eigenvalue weighted by molar-refractivity contribution is 6.23. The number of hydrogen-bond donors (Lipinski definition) is 3. The molecule has 1 aromatic heterocycles. The third-order valence-electron chi connectivity index (χ3n) is 4.23. The summed E-state index contributed by atoms with van der Waals surface area (Å²) in [6, 6.07) is 6.29. The van der Waals surface area contributed by atoms with Gasteiger partial charge >= 0.3 is 0 Å². The molecule has 0 fully saturated rings. The first-order valence-corrected chi connectivity index (χ1v) is 7.26. The van der Waals surface area contributed by atoms with Gasteiger partial charge in [0.15, 0.2) is 0 Å². The van der Waals surface area contributed by atoms with E-state index < -0.39 is 17.4 Å². The second-order valence-corrected chi connectivity index (χ2v) is 5.68. The molecule has 1 aromatic carbocycles. The fourth-order valence-electron chi connectivity index (χ4n) is 3.06. The number of nitrogen functional groups attached to an aromatic ring is 1. The number of rotatable bonds is 1. The fraction of sp³-hybridized carbons (Fsp3) is 0.125. The molecule has 2 aliphatic heterocycles. The van der Waals surface area contributed by atoms with Gasteiger partial charge in [0.25, 0.3) is 17.4 Å². The number of fused-ring (bicyclic) bond motifs is 2. The van der Waals surface area contributed by atoms with E-state index in [1.165, 1.54) is 4.57 Å². The highest BCUT2D eigenvalue weighted by Gasteiger charge is 2.32. The van der Waals surface area contributed by atoms with Crippen molar-refractivity contribution in [3.8, 4) is 5.69 Å². The van der Waals surface area contributed by atoms with Crippen LogP contribution in [0.2, 0.25) is 0 Å². The van der Waals surface area contributed by atoms with Crippen molar-refractivity contribution in [1.29, 1.82) is 0 Å².